The minimum absolute atomic E-state index is 0.0159. The SMILES string of the molecule is CC(C)OC(=O)CNc1cc(F)cc(Cl)c1. The van der Waals surface area contributed by atoms with Crippen molar-refractivity contribution >= 4 is 23.3 Å². The molecule has 0 aliphatic heterocycles. The fraction of sp³-hybridized carbons (Fsp3) is 0.364. The molecule has 0 saturated carbocycles. The van der Waals surface area contributed by atoms with Gasteiger partial charge in [-0.25, -0.2) is 4.39 Å². The van der Waals surface area contributed by atoms with Crippen molar-refractivity contribution in [3.63, 3.8) is 0 Å². The van der Waals surface area contributed by atoms with E-state index in [2.05, 4.69) is 5.32 Å². The Kier molecular flexibility index (Phi) is 4.55. The first-order chi connectivity index (χ1) is 7.47. The molecule has 5 heteroatoms. The maximum atomic E-state index is 12.9. The molecule has 88 valence electrons. The van der Waals surface area contributed by atoms with Crippen molar-refractivity contribution < 1.29 is 13.9 Å². The summed E-state index contributed by atoms with van der Waals surface area (Å²) in [6.07, 6.45) is -0.162. The molecule has 0 aliphatic carbocycles. The molecule has 0 aromatic heterocycles. The number of hydrogen-bond acceptors (Lipinski definition) is 3. The maximum Gasteiger partial charge on any atom is 0.325 e. The topological polar surface area (TPSA) is 38.3 Å². The Hall–Kier alpha value is -1.29. The quantitative estimate of drug-likeness (QED) is 0.829. The van der Waals surface area contributed by atoms with E-state index >= 15 is 0 Å². The average molecular weight is 246 g/mol. The number of ether oxygens (including phenoxy) is 1. The molecule has 0 radical (unpaired) electrons. The summed E-state index contributed by atoms with van der Waals surface area (Å²) in [5.74, 6) is -0.845. The smallest absolute Gasteiger partial charge is 0.325 e. The van der Waals surface area contributed by atoms with Crippen LogP contribution in [-0.4, -0.2) is 18.6 Å². The van der Waals surface area contributed by atoms with E-state index in [0.29, 0.717) is 5.69 Å². The van der Waals surface area contributed by atoms with Crippen molar-refractivity contribution in [2.24, 2.45) is 0 Å². The summed E-state index contributed by atoms with van der Waals surface area (Å²) < 4.78 is 17.8. The van der Waals surface area contributed by atoms with Crippen LogP contribution in [0.15, 0.2) is 18.2 Å². The summed E-state index contributed by atoms with van der Waals surface area (Å²) in [6, 6.07) is 3.99. The van der Waals surface area contributed by atoms with E-state index < -0.39 is 11.8 Å². The lowest BCUT2D eigenvalue weighted by Crippen LogP contribution is -2.20. The lowest BCUT2D eigenvalue weighted by Gasteiger charge is -2.09. The Morgan fingerprint density at radius 2 is 2.19 bits per heavy atom. The molecule has 1 N–H and O–H groups in total. The van der Waals surface area contributed by atoms with Gasteiger partial charge >= 0.3 is 5.97 Å². The van der Waals surface area contributed by atoms with Gasteiger partial charge < -0.3 is 10.1 Å². The molecule has 0 bridgehead atoms. The van der Waals surface area contributed by atoms with Crippen molar-refractivity contribution in [2.45, 2.75) is 20.0 Å². The second-order valence-corrected chi connectivity index (χ2v) is 3.99. The number of halogens is 2. The van der Waals surface area contributed by atoms with Gasteiger partial charge in [0.05, 0.1) is 6.10 Å². The lowest BCUT2D eigenvalue weighted by molar-refractivity contribution is -0.145. The highest BCUT2D eigenvalue weighted by Gasteiger charge is 2.05. The largest absolute Gasteiger partial charge is 0.462 e. The first-order valence-electron chi connectivity index (χ1n) is 4.87. The predicted molar refractivity (Wildman–Crippen MR) is 61.1 cm³/mol. The minimum Gasteiger partial charge on any atom is -0.462 e. The second-order valence-electron chi connectivity index (χ2n) is 3.55. The molecule has 16 heavy (non-hydrogen) atoms. The van der Waals surface area contributed by atoms with E-state index in [-0.39, 0.29) is 17.7 Å². The summed E-state index contributed by atoms with van der Waals surface area (Å²) in [5.41, 5.74) is 0.450. The zero-order valence-corrected chi connectivity index (χ0v) is 9.84. The second kappa shape index (κ2) is 5.70. The zero-order chi connectivity index (χ0) is 12.1. The average Bonchev–Trinajstić information content (AvgIpc) is 2.12. The molecule has 0 atom stereocenters. The molecular weight excluding hydrogens is 233 g/mol. The molecule has 0 saturated heterocycles. The molecule has 0 fully saturated rings. The van der Waals surface area contributed by atoms with Gasteiger partial charge in [-0.3, -0.25) is 4.79 Å². The minimum atomic E-state index is -0.452. The third-order valence-corrected chi connectivity index (χ3v) is 1.88. The van der Waals surface area contributed by atoms with Crippen LogP contribution < -0.4 is 5.32 Å². The first kappa shape index (κ1) is 12.8. The van der Waals surface area contributed by atoms with Gasteiger partial charge in [-0.2, -0.15) is 0 Å². The molecular formula is C11H13ClFNO2. The highest BCUT2D eigenvalue weighted by Crippen LogP contribution is 2.17. The maximum absolute atomic E-state index is 12.9. The van der Waals surface area contributed by atoms with Crippen LogP contribution in [0.25, 0.3) is 0 Å². The van der Waals surface area contributed by atoms with Gasteiger partial charge in [-0.1, -0.05) is 11.6 Å². The van der Waals surface area contributed by atoms with Crippen LogP contribution >= 0.6 is 11.6 Å². The van der Waals surface area contributed by atoms with Gasteiger partial charge in [0.1, 0.15) is 12.4 Å². The van der Waals surface area contributed by atoms with Gasteiger partial charge in [-0.15, -0.1) is 0 Å². The van der Waals surface area contributed by atoms with Crippen LogP contribution in [0.5, 0.6) is 0 Å². The van der Waals surface area contributed by atoms with Gasteiger partial charge in [0.15, 0.2) is 0 Å². The molecule has 3 nitrogen and oxygen atoms in total. The molecule has 0 heterocycles. The number of rotatable bonds is 4. The van der Waals surface area contributed by atoms with E-state index in [1.165, 1.54) is 18.2 Å². The molecule has 1 aromatic carbocycles. The van der Waals surface area contributed by atoms with Crippen molar-refractivity contribution in [1.29, 1.82) is 0 Å². The molecule has 1 aromatic rings. The number of benzene rings is 1. The molecule has 0 aliphatic rings. The Balaban J connectivity index is 2.51. The van der Waals surface area contributed by atoms with E-state index in [1.54, 1.807) is 13.8 Å². The van der Waals surface area contributed by atoms with E-state index in [1.807, 2.05) is 0 Å². The third-order valence-electron chi connectivity index (χ3n) is 1.67. The van der Waals surface area contributed by atoms with E-state index in [0.717, 1.165) is 0 Å². The number of hydrogen-bond donors (Lipinski definition) is 1. The first-order valence-corrected chi connectivity index (χ1v) is 5.24. The Morgan fingerprint density at radius 1 is 1.50 bits per heavy atom. The lowest BCUT2D eigenvalue weighted by atomic mass is 10.3. The van der Waals surface area contributed by atoms with Crippen LogP contribution in [-0.2, 0) is 9.53 Å². The standard InChI is InChI=1S/C11H13ClFNO2/c1-7(2)16-11(15)6-14-10-4-8(12)3-9(13)5-10/h3-5,7,14H,6H2,1-2H3. The number of carbonyl (C=O) groups excluding carboxylic acids is 1. The summed E-state index contributed by atoms with van der Waals surface area (Å²) in [7, 11) is 0. The fourth-order valence-electron chi connectivity index (χ4n) is 1.13. The van der Waals surface area contributed by atoms with Crippen molar-refractivity contribution in [3.8, 4) is 0 Å². The van der Waals surface area contributed by atoms with Crippen LogP contribution in [0.3, 0.4) is 0 Å². The summed E-state index contributed by atoms with van der Waals surface area (Å²) in [6.45, 7) is 3.51. The molecule has 1 rings (SSSR count). The van der Waals surface area contributed by atoms with E-state index in [4.69, 9.17) is 16.3 Å². The van der Waals surface area contributed by atoms with Crippen molar-refractivity contribution in [2.75, 3.05) is 11.9 Å². The number of carbonyl (C=O) groups is 1. The molecule has 0 unspecified atom stereocenters. The zero-order valence-electron chi connectivity index (χ0n) is 9.09. The number of esters is 1. The van der Waals surface area contributed by atoms with Gasteiger partial charge in [0.25, 0.3) is 0 Å². The van der Waals surface area contributed by atoms with Crippen molar-refractivity contribution in [3.05, 3.63) is 29.0 Å². The highest BCUT2D eigenvalue weighted by atomic mass is 35.5. The summed E-state index contributed by atoms with van der Waals surface area (Å²) in [4.78, 5) is 11.2. The van der Waals surface area contributed by atoms with Crippen LogP contribution in [0.4, 0.5) is 10.1 Å². The number of nitrogens with one attached hydrogen (secondary N) is 1. The Morgan fingerprint density at radius 3 is 2.75 bits per heavy atom. The van der Waals surface area contributed by atoms with Crippen LogP contribution in [0.2, 0.25) is 5.02 Å². The monoisotopic (exact) mass is 245 g/mol. The summed E-state index contributed by atoms with van der Waals surface area (Å²) >= 11 is 5.65. The van der Waals surface area contributed by atoms with Gasteiger partial charge in [0.2, 0.25) is 0 Å². The predicted octanol–water partition coefficient (Wildman–Crippen LogP) is 2.84. The Bertz CT molecular complexity index is 362. The molecule has 0 spiro atoms. The van der Waals surface area contributed by atoms with Crippen LogP contribution in [0, 0.1) is 5.82 Å². The van der Waals surface area contributed by atoms with E-state index in [9.17, 15) is 9.18 Å². The highest BCUT2D eigenvalue weighted by molar-refractivity contribution is 6.30. The normalized spacial score (nSPS) is 10.3. The fourth-order valence-corrected chi connectivity index (χ4v) is 1.36. The van der Waals surface area contributed by atoms with Crippen LogP contribution in [0.1, 0.15) is 13.8 Å². The van der Waals surface area contributed by atoms with Crippen molar-refractivity contribution in [1.82, 2.24) is 0 Å². The van der Waals surface area contributed by atoms with Gasteiger partial charge in [0, 0.05) is 10.7 Å². The summed E-state index contributed by atoms with van der Waals surface area (Å²) in [5, 5.41) is 3.01. The molecule has 0 amide bonds. The number of anilines is 1. The third kappa shape index (κ3) is 4.49. The Labute approximate surface area is 98.5 Å². The van der Waals surface area contributed by atoms with Gasteiger partial charge in [-0.05, 0) is 32.0 Å².